The van der Waals surface area contributed by atoms with Crippen LogP contribution in [0, 0.1) is 5.41 Å². The Labute approximate surface area is 133 Å². The predicted molar refractivity (Wildman–Crippen MR) is 90.9 cm³/mol. The topological polar surface area (TPSA) is 24.9 Å². The summed E-state index contributed by atoms with van der Waals surface area (Å²) >= 11 is 1.88. The van der Waals surface area contributed by atoms with Gasteiger partial charge in [-0.15, -0.1) is 11.3 Å². The molecule has 3 rings (SSSR count). The molecule has 1 heterocycles. The molecule has 0 spiro atoms. The van der Waals surface area contributed by atoms with Crippen LogP contribution in [0.2, 0.25) is 0 Å². The number of aromatic nitrogens is 1. The molecule has 1 atom stereocenters. The van der Waals surface area contributed by atoms with Gasteiger partial charge in [0.1, 0.15) is 5.01 Å². The van der Waals surface area contributed by atoms with Crippen molar-refractivity contribution in [2.24, 2.45) is 5.41 Å². The summed E-state index contributed by atoms with van der Waals surface area (Å²) < 4.78 is 0. The van der Waals surface area contributed by atoms with Crippen LogP contribution in [0.1, 0.15) is 83.8 Å². The van der Waals surface area contributed by atoms with Crippen molar-refractivity contribution in [1.29, 1.82) is 0 Å². The third-order valence-corrected chi connectivity index (χ3v) is 6.02. The second-order valence-corrected chi connectivity index (χ2v) is 9.84. The van der Waals surface area contributed by atoms with Gasteiger partial charge in [-0.05, 0) is 37.5 Å². The molecule has 21 heavy (non-hydrogen) atoms. The Morgan fingerprint density at radius 3 is 2.48 bits per heavy atom. The van der Waals surface area contributed by atoms with Gasteiger partial charge in [0.25, 0.3) is 0 Å². The lowest BCUT2D eigenvalue weighted by Crippen LogP contribution is -2.49. The van der Waals surface area contributed by atoms with E-state index in [0.29, 0.717) is 5.41 Å². The number of hydrogen-bond acceptors (Lipinski definition) is 3. The van der Waals surface area contributed by atoms with E-state index < -0.39 is 0 Å². The van der Waals surface area contributed by atoms with E-state index in [-0.39, 0.29) is 11.0 Å². The zero-order chi connectivity index (χ0) is 15.3. The summed E-state index contributed by atoms with van der Waals surface area (Å²) in [6.07, 6.45) is 7.84. The first-order valence-corrected chi connectivity index (χ1v) is 9.32. The summed E-state index contributed by atoms with van der Waals surface area (Å²) in [5, 5.41) is 7.62. The van der Waals surface area contributed by atoms with Gasteiger partial charge in [0.2, 0.25) is 0 Å². The summed E-state index contributed by atoms with van der Waals surface area (Å²) in [4.78, 5) is 5.08. The molecule has 0 saturated heterocycles. The zero-order valence-electron chi connectivity index (χ0n) is 14.3. The predicted octanol–water partition coefficient (Wildman–Crippen LogP) is 4.99. The molecule has 0 bridgehead atoms. The smallest absolute Gasteiger partial charge is 0.113 e. The largest absolute Gasteiger partial charge is 0.303 e. The van der Waals surface area contributed by atoms with Crippen molar-refractivity contribution in [2.45, 2.75) is 90.1 Å². The van der Waals surface area contributed by atoms with Crippen LogP contribution >= 0.6 is 11.3 Å². The van der Waals surface area contributed by atoms with Crippen LogP contribution in [-0.2, 0) is 11.0 Å². The molecule has 1 N–H and O–H groups in total. The molecule has 1 aromatic rings. The average Bonchev–Trinajstić information content (AvgIpc) is 2.99. The summed E-state index contributed by atoms with van der Waals surface area (Å²) in [7, 11) is 0. The molecule has 0 aliphatic heterocycles. The lowest BCUT2D eigenvalue weighted by molar-refractivity contribution is 0.116. The molecule has 2 saturated carbocycles. The van der Waals surface area contributed by atoms with Crippen molar-refractivity contribution in [3.05, 3.63) is 16.1 Å². The monoisotopic (exact) mass is 306 g/mol. The molecule has 2 aliphatic rings. The normalized spacial score (nSPS) is 29.6. The van der Waals surface area contributed by atoms with Gasteiger partial charge >= 0.3 is 0 Å². The highest BCUT2D eigenvalue weighted by atomic mass is 32.1. The van der Waals surface area contributed by atoms with Crippen LogP contribution in [0.15, 0.2) is 5.38 Å². The van der Waals surface area contributed by atoms with E-state index in [0.717, 1.165) is 6.04 Å². The fraction of sp³-hybridized carbons (Fsp3) is 0.833. The van der Waals surface area contributed by atoms with E-state index in [1.807, 2.05) is 11.3 Å². The van der Waals surface area contributed by atoms with Gasteiger partial charge in [-0.3, -0.25) is 0 Å². The second kappa shape index (κ2) is 5.06. The van der Waals surface area contributed by atoms with Gasteiger partial charge in [-0.1, -0.05) is 41.0 Å². The second-order valence-electron chi connectivity index (χ2n) is 8.98. The number of rotatable bonds is 3. The van der Waals surface area contributed by atoms with Crippen LogP contribution in [-0.4, -0.2) is 11.0 Å². The van der Waals surface area contributed by atoms with Gasteiger partial charge in [0.15, 0.2) is 0 Å². The van der Waals surface area contributed by atoms with Gasteiger partial charge in [-0.2, -0.15) is 0 Å². The number of thiazole rings is 1. The lowest BCUT2D eigenvalue weighted by atomic mass is 9.68. The first-order valence-electron chi connectivity index (χ1n) is 8.45. The van der Waals surface area contributed by atoms with Crippen molar-refractivity contribution in [3.63, 3.8) is 0 Å². The van der Waals surface area contributed by atoms with E-state index in [1.54, 1.807) is 0 Å². The highest BCUT2D eigenvalue weighted by Gasteiger charge is 2.46. The standard InChI is InChI=1S/C18H30N2S/c1-16(2,3)14-11-21-15(19-14)18(20-13-7-8-13)10-6-9-17(4,5)12-18/h11,13,20H,6-10,12H2,1-5H3. The molecule has 0 aromatic carbocycles. The van der Waals surface area contributed by atoms with E-state index in [4.69, 9.17) is 4.98 Å². The molecule has 3 heteroatoms. The molecule has 0 amide bonds. The minimum absolute atomic E-state index is 0.136. The molecule has 2 aliphatic carbocycles. The van der Waals surface area contributed by atoms with Crippen LogP contribution in [0.25, 0.3) is 0 Å². The molecular formula is C18H30N2S. The minimum atomic E-state index is 0.136. The zero-order valence-corrected chi connectivity index (χ0v) is 15.1. The Bertz CT molecular complexity index is 508. The molecule has 2 nitrogen and oxygen atoms in total. The highest BCUT2D eigenvalue weighted by molar-refractivity contribution is 7.09. The summed E-state index contributed by atoms with van der Waals surface area (Å²) in [5.41, 5.74) is 1.97. The molecule has 118 valence electrons. The van der Waals surface area contributed by atoms with Crippen molar-refractivity contribution in [2.75, 3.05) is 0 Å². The van der Waals surface area contributed by atoms with Crippen LogP contribution < -0.4 is 5.32 Å². The maximum Gasteiger partial charge on any atom is 0.113 e. The SMILES string of the molecule is CC1(C)CCCC(NC2CC2)(c2nc(C(C)(C)C)cs2)C1. The summed E-state index contributed by atoms with van der Waals surface area (Å²) in [5.74, 6) is 0. The quantitative estimate of drug-likeness (QED) is 0.851. The first-order chi connectivity index (χ1) is 9.70. The fourth-order valence-corrected chi connectivity index (χ4v) is 4.93. The molecule has 0 radical (unpaired) electrons. The maximum absolute atomic E-state index is 5.08. The summed E-state index contributed by atoms with van der Waals surface area (Å²) in [6.45, 7) is 11.6. The lowest BCUT2D eigenvalue weighted by Gasteiger charge is -2.44. The molecule has 2 fully saturated rings. The first kappa shape index (κ1) is 15.5. The Morgan fingerprint density at radius 2 is 1.95 bits per heavy atom. The maximum atomic E-state index is 5.08. The number of nitrogens with one attached hydrogen (secondary N) is 1. The number of nitrogens with zero attached hydrogens (tertiary/aromatic N) is 1. The molecular weight excluding hydrogens is 276 g/mol. The van der Waals surface area contributed by atoms with Gasteiger partial charge in [0, 0.05) is 16.8 Å². The van der Waals surface area contributed by atoms with Crippen molar-refractivity contribution in [1.82, 2.24) is 10.3 Å². The Morgan fingerprint density at radius 1 is 1.24 bits per heavy atom. The van der Waals surface area contributed by atoms with Crippen molar-refractivity contribution < 1.29 is 0 Å². The van der Waals surface area contributed by atoms with Crippen molar-refractivity contribution >= 4 is 11.3 Å². The van der Waals surface area contributed by atoms with Gasteiger partial charge in [-0.25, -0.2) is 4.98 Å². The average molecular weight is 307 g/mol. The van der Waals surface area contributed by atoms with Gasteiger partial charge in [0.05, 0.1) is 11.2 Å². The Hall–Kier alpha value is -0.410. The minimum Gasteiger partial charge on any atom is -0.303 e. The van der Waals surface area contributed by atoms with Gasteiger partial charge < -0.3 is 5.32 Å². The van der Waals surface area contributed by atoms with Crippen LogP contribution in [0.4, 0.5) is 0 Å². The van der Waals surface area contributed by atoms with E-state index in [1.165, 1.54) is 49.2 Å². The van der Waals surface area contributed by atoms with E-state index in [9.17, 15) is 0 Å². The van der Waals surface area contributed by atoms with E-state index >= 15 is 0 Å². The van der Waals surface area contributed by atoms with Crippen LogP contribution in [0.5, 0.6) is 0 Å². The third-order valence-electron chi connectivity index (χ3n) is 4.98. The van der Waals surface area contributed by atoms with Crippen molar-refractivity contribution in [3.8, 4) is 0 Å². The fourth-order valence-electron chi connectivity index (χ4n) is 3.69. The Kier molecular flexibility index (Phi) is 3.73. The molecule has 1 aromatic heterocycles. The van der Waals surface area contributed by atoms with Crippen LogP contribution in [0.3, 0.4) is 0 Å². The summed E-state index contributed by atoms with van der Waals surface area (Å²) in [6, 6.07) is 0.737. The third kappa shape index (κ3) is 3.34. The van der Waals surface area contributed by atoms with E-state index in [2.05, 4.69) is 45.3 Å². The Balaban J connectivity index is 1.93. The number of hydrogen-bond donors (Lipinski definition) is 1. The highest BCUT2D eigenvalue weighted by Crippen LogP contribution is 2.48. The molecule has 1 unspecified atom stereocenters.